The monoisotopic (exact) mass is 337 g/mol. The lowest BCUT2D eigenvalue weighted by Gasteiger charge is -2.20. The molecule has 1 N–H and O–H groups in total. The van der Waals surface area contributed by atoms with Gasteiger partial charge < -0.3 is 5.21 Å². The molecule has 0 aromatic heterocycles. The molecule has 1 aliphatic carbocycles. The molecule has 128 valence electrons. The largest absolute Gasteiger partial charge is 0.411 e. The van der Waals surface area contributed by atoms with Crippen LogP contribution in [0.15, 0.2) is 40.4 Å². The molecule has 0 aliphatic heterocycles. The molecule has 1 aromatic carbocycles. The molecule has 0 saturated heterocycles. The summed E-state index contributed by atoms with van der Waals surface area (Å²) in [4.78, 5) is 0.318. The van der Waals surface area contributed by atoms with Crippen LogP contribution in [0.3, 0.4) is 0 Å². The molecule has 0 radical (unpaired) electrons. The third-order valence-electron chi connectivity index (χ3n) is 4.60. The third-order valence-corrected chi connectivity index (χ3v) is 6.78. The Hall–Kier alpha value is -1.36. The Kier molecular flexibility index (Phi) is 7.09. The fourth-order valence-corrected chi connectivity index (χ4v) is 5.11. The molecule has 0 amide bonds. The SMILES string of the molecule is O=S(=O)(c1ccccc1)C1CCCCCCCCCC/C1=N\O. The summed E-state index contributed by atoms with van der Waals surface area (Å²) in [7, 11) is -3.50. The molecule has 1 saturated carbocycles. The summed E-state index contributed by atoms with van der Waals surface area (Å²) in [6.07, 6.45) is 9.77. The van der Waals surface area contributed by atoms with Crippen molar-refractivity contribution in [2.45, 2.75) is 74.4 Å². The van der Waals surface area contributed by atoms with E-state index >= 15 is 0 Å². The maximum atomic E-state index is 13.0. The van der Waals surface area contributed by atoms with Crippen LogP contribution in [0, 0.1) is 0 Å². The van der Waals surface area contributed by atoms with Gasteiger partial charge in [-0.3, -0.25) is 0 Å². The lowest BCUT2D eigenvalue weighted by molar-refractivity contribution is 0.315. The minimum atomic E-state index is -3.50. The molecule has 0 spiro atoms. The maximum absolute atomic E-state index is 13.0. The second-order valence-electron chi connectivity index (χ2n) is 6.31. The minimum absolute atomic E-state index is 0.318. The van der Waals surface area contributed by atoms with E-state index in [9.17, 15) is 13.6 Å². The van der Waals surface area contributed by atoms with Crippen LogP contribution in [-0.4, -0.2) is 24.6 Å². The summed E-state index contributed by atoms with van der Waals surface area (Å²) in [5, 5.41) is 12.1. The lowest BCUT2D eigenvalue weighted by atomic mass is 9.99. The van der Waals surface area contributed by atoms with Crippen molar-refractivity contribution in [3.8, 4) is 0 Å². The van der Waals surface area contributed by atoms with E-state index in [2.05, 4.69) is 5.16 Å². The van der Waals surface area contributed by atoms with E-state index < -0.39 is 15.1 Å². The summed E-state index contributed by atoms with van der Waals surface area (Å²) in [6, 6.07) is 8.53. The minimum Gasteiger partial charge on any atom is -0.411 e. The Bertz CT molecular complexity index is 596. The van der Waals surface area contributed by atoms with Gasteiger partial charge in [-0.2, -0.15) is 0 Å². The zero-order valence-corrected chi connectivity index (χ0v) is 14.5. The summed E-state index contributed by atoms with van der Waals surface area (Å²) in [5.41, 5.74) is 0.425. The normalized spacial score (nSPS) is 23.8. The Labute approximate surface area is 139 Å². The highest BCUT2D eigenvalue weighted by atomic mass is 32.2. The van der Waals surface area contributed by atoms with E-state index in [4.69, 9.17) is 0 Å². The first kappa shape index (κ1) is 18.0. The molecule has 0 bridgehead atoms. The smallest absolute Gasteiger partial charge is 0.186 e. The summed E-state index contributed by atoms with van der Waals surface area (Å²) in [5.74, 6) is 0. The highest BCUT2D eigenvalue weighted by molar-refractivity contribution is 7.92. The van der Waals surface area contributed by atoms with Crippen LogP contribution in [0.25, 0.3) is 0 Å². The van der Waals surface area contributed by atoms with Crippen molar-refractivity contribution in [1.29, 1.82) is 0 Å². The number of sulfone groups is 1. The van der Waals surface area contributed by atoms with Crippen molar-refractivity contribution in [1.82, 2.24) is 0 Å². The van der Waals surface area contributed by atoms with E-state index in [1.807, 2.05) is 0 Å². The first-order valence-electron chi connectivity index (χ1n) is 8.66. The highest BCUT2D eigenvalue weighted by Gasteiger charge is 2.31. The standard InChI is InChI=1S/C18H27NO3S/c20-19-17-14-10-5-3-1-2-4-6-11-15-18(17)23(21,22)16-12-8-7-9-13-16/h7-9,12-13,18,20H,1-6,10-11,14-15H2/b19-17+. The fraction of sp³-hybridized carbons (Fsp3) is 0.611. The van der Waals surface area contributed by atoms with Gasteiger partial charge in [0.25, 0.3) is 0 Å². The Morgan fingerprint density at radius 1 is 0.870 bits per heavy atom. The molecule has 2 rings (SSSR count). The maximum Gasteiger partial charge on any atom is 0.186 e. The zero-order chi connectivity index (χ0) is 16.5. The van der Waals surface area contributed by atoms with Gasteiger partial charge in [0.1, 0.15) is 5.25 Å². The van der Waals surface area contributed by atoms with Crippen molar-refractivity contribution >= 4 is 15.5 Å². The Morgan fingerprint density at radius 2 is 1.43 bits per heavy atom. The number of hydrogen-bond acceptors (Lipinski definition) is 4. The van der Waals surface area contributed by atoms with E-state index in [1.165, 1.54) is 19.3 Å². The van der Waals surface area contributed by atoms with Crippen molar-refractivity contribution < 1.29 is 13.6 Å². The first-order chi connectivity index (χ1) is 11.2. The molecule has 1 atom stereocenters. The second kappa shape index (κ2) is 9.06. The van der Waals surface area contributed by atoms with Crippen LogP contribution in [-0.2, 0) is 9.84 Å². The van der Waals surface area contributed by atoms with E-state index in [1.54, 1.807) is 30.3 Å². The van der Waals surface area contributed by atoms with E-state index in [0.29, 0.717) is 23.4 Å². The highest BCUT2D eigenvalue weighted by Crippen LogP contribution is 2.25. The molecule has 1 aromatic rings. The lowest BCUT2D eigenvalue weighted by Crippen LogP contribution is -2.31. The van der Waals surface area contributed by atoms with Crippen molar-refractivity contribution in [2.75, 3.05) is 0 Å². The van der Waals surface area contributed by atoms with Crippen molar-refractivity contribution in [3.05, 3.63) is 30.3 Å². The van der Waals surface area contributed by atoms with Crippen LogP contribution >= 0.6 is 0 Å². The van der Waals surface area contributed by atoms with Gasteiger partial charge >= 0.3 is 0 Å². The number of hydrogen-bond donors (Lipinski definition) is 1. The molecule has 4 nitrogen and oxygen atoms in total. The van der Waals surface area contributed by atoms with Crippen LogP contribution in [0.2, 0.25) is 0 Å². The molecule has 23 heavy (non-hydrogen) atoms. The molecule has 5 heteroatoms. The Balaban J connectivity index is 2.24. The van der Waals surface area contributed by atoms with Gasteiger partial charge in [0.15, 0.2) is 9.84 Å². The van der Waals surface area contributed by atoms with Gasteiger partial charge in [-0.1, -0.05) is 68.3 Å². The second-order valence-corrected chi connectivity index (χ2v) is 8.44. The molecular weight excluding hydrogens is 310 g/mol. The number of rotatable bonds is 2. The predicted octanol–water partition coefficient (Wildman–Crippen LogP) is 4.57. The zero-order valence-electron chi connectivity index (χ0n) is 13.7. The summed E-state index contributed by atoms with van der Waals surface area (Å²) in [6.45, 7) is 0. The fourth-order valence-electron chi connectivity index (χ4n) is 3.25. The molecule has 1 aliphatic rings. The van der Waals surface area contributed by atoms with Gasteiger partial charge in [0.2, 0.25) is 0 Å². The van der Waals surface area contributed by atoms with E-state index in [0.717, 1.165) is 32.1 Å². The average molecular weight is 337 g/mol. The van der Waals surface area contributed by atoms with Crippen LogP contribution in [0.1, 0.15) is 64.2 Å². The van der Waals surface area contributed by atoms with Gasteiger partial charge in [0, 0.05) is 0 Å². The molecule has 1 unspecified atom stereocenters. The van der Waals surface area contributed by atoms with Crippen LogP contribution in [0.5, 0.6) is 0 Å². The number of nitrogens with zero attached hydrogens (tertiary/aromatic N) is 1. The first-order valence-corrected chi connectivity index (χ1v) is 10.2. The summed E-state index contributed by atoms with van der Waals surface area (Å²) < 4.78 is 26.0. The van der Waals surface area contributed by atoms with Gasteiger partial charge in [0.05, 0.1) is 10.6 Å². The van der Waals surface area contributed by atoms with Crippen LogP contribution < -0.4 is 0 Å². The molecular formula is C18H27NO3S. The Morgan fingerprint density at radius 3 is 2.04 bits per heavy atom. The van der Waals surface area contributed by atoms with Crippen LogP contribution in [0.4, 0.5) is 0 Å². The van der Waals surface area contributed by atoms with Gasteiger partial charge in [-0.15, -0.1) is 0 Å². The van der Waals surface area contributed by atoms with Crippen molar-refractivity contribution in [2.24, 2.45) is 5.16 Å². The topological polar surface area (TPSA) is 66.7 Å². The third kappa shape index (κ3) is 5.06. The molecule has 1 fully saturated rings. The van der Waals surface area contributed by atoms with E-state index in [-0.39, 0.29) is 0 Å². The van der Waals surface area contributed by atoms with Gasteiger partial charge in [-0.25, -0.2) is 8.42 Å². The van der Waals surface area contributed by atoms with Crippen molar-refractivity contribution in [3.63, 3.8) is 0 Å². The number of oxime groups is 1. The van der Waals surface area contributed by atoms with Gasteiger partial charge in [-0.05, 0) is 31.4 Å². The summed E-state index contributed by atoms with van der Waals surface area (Å²) >= 11 is 0. The number of benzene rings is 1. The quantitative estimate of drug-likeness (QED) is 0.635. The average Bonchev–Trinajstić information content (AvgIpc) is 2.56. The predicted molar refractivity (Wildman–Crippen MR) is 92.8 cm³/mol. The molecule has 0 heterocycles.